The maximum absolute atomic E-state index is 13.6. The second-order valence-corrected chi connectivity index (χ2v) is 8.43. The molecule has 166 valence electrons. The summed E-state index contributed by atoms with van der Waals surface area (Å²) >= 11 is 0. The normalized spacial score (nSPS) is 14.9. The van der Waals surface area contributed by atoms with Crippen molar-refractivity contribution in [2.45, 2.75) is 32.0 Å². The highest BCUT2D eigenvalue weighted by Gasteiger charge is 2.36. The van der Waals surface area contributed by atoms with Crippen LogP contribution in [0.3, 0.4) is 0 Å². The van der Waals surface area contributed by atoms with E-state index in [1.54, 1.807) is 42.5 Å². The lowest BCUT2D eigenvalue weighted by atomic mass is 10.1. The number of carbonyl (C=O) groups excluding carboxylic acids is 3. The van der Waals surface area contributed by atoms with Gasteiger partial charge >= 0.3 is 0 Å². The number of benzene rings is 3. The minimum Gasteiger partial charge on any atom is -0.496 e. The molecule has 0 aromatic heterocycles. The Bertz CT molecular complexity index is 1200. The van der Waals surface area contributed by atoms with E-state index in [9.17, 15) is 14.4 Å². The Balaban J connectivity index is 1.42. The van der Waals surface area contributed by atoms with E-state index in [-0.39, 0.29) is 30.3 Å². The lowest BCUT2D eigenvalue weighted by molar-refractivity contribution is 0.0642. The quantitative estimate of drug-likeness (QED) is 0.514. The molecule has 0 unspecified atom stereocenters. The van der Waals surface area contributed by atoms with Gasteiger partial charge in [-0.05, 0) is 48.2 Å². The molecule has 6 nitrogen and oxygen atoms in total. The summed E-state index contributed by atoms with van der Waals surface area (Å²) < 4.78 is 5.49. The number of hydrogen-bond acceptors (Lipinski definition) is 4. The van der Waals surface area contributed by atoms with Crippen LogP contribution < -0.4 is 4.74 Å². The SMILES string of the molecule is COc1ccc(CN2C(=O)c3ccccc3C2=O)cc1C(=O)N(Cc1ccccc1)C1CC1. The van der Waals surface area contributed by atoms with Gasteiger partial charge in [-0.3, -0.25) is 19.3 Å². The monoisotopic (exact) mass is 440 g/mol. The third-order valence-electron chi connectivity index (χ3n) is 6.16. The summed E-state index contributed by atoms with van der Waals surface area (Å²) in [6.07, 6.45) is 1.96. The average molecular weight is 440 g/mol. The molecule has 3 aromatic carbocycles. The van der Waals surface area contributed by atoms with Crippen LogP contribution in [0.25, 0.3) is 0 Å². The molecule has 1 saturated carbocycles. The summed E-state index contributed by atoms with van der Waals surface area (Å²) in [4.78, 5) is 42.3. The van der Waals surface area contributed by atoms with E-state index in [1.165, 1.54) is 12.0 Å². The van der Waals surface area contributed by atoms with Crippen LogP contribution in [0.2, 0.25) is 0 Å². The van der Waals surface area contributed by atoms with Gasteiger partial charge in [-0.15, -0.1) is 0 Å². The molecule has 1 heterocycles. The standard InChI is InChI=1S/C27H24N2O4/c1-33-24-14-11-19(17-29-25(30)21-9-5-6-10-22(21)26(29)31)15-23(24)27(32)28(20-12-13-20)16-18-7-3-2-4-8-18/h2-11,14-15,20H,12-13,16-17H2,1H3. The van der Waals surface area contributed by atoms with E-state index < -0.39 is 0 Å². The van der Waals surface area contributed by atoms with Crippen LogP contribution >= 0.6 is 0 Å². The first-order valence-corrected chi connectivity index (χ1v) is 11.0. The molecule has 0 bridgehead atoms. The molecule has 0 atom stereocenters. The fourth-order valence-electron chi connectivity index (χ4n) is 4.27. The van der Waals surface area contributed by atoms with E-state index in [4.69, 9.17) is 4.74 Å². The highest BCUT2D eigenvalue weighted by Crippen LogP contribution is 2.33. The van der Waals surface area contributed by atoms with Crippen LogP contribution in [0.5, 0.6) is 5.75 Å². The number of methoxy groups -OCH3 is 1. The van der Waals surface area contributed by atoms with Crippen LogP contribution in [-0.4, -0.2) is 40.7 Å². The number of hydrogen-bond donors (Lipinski definition) is 0. The fraction of sp³-hybridized carbons (Fsp3) is 0.222. The predicted octanol–water partition coefficient (Wildman–Crippen LogP) is 4.30. The molecule has 3 amide bonds. The maximum atomic E-state index is 13.6. The molecule has 0 radical (unpaired) electrons. The van der Waals surface area contributed by atoms with Gasteiger partial charge in [0.15, 0.2) is 0 Å². The third-order valence-corrected chi connectivity index (χ3v) is 6.16. The van der Waals surface area contributed by atoms with Crippen LogP contribution in [0.4, 0.5) is 0 Å². The number of ether oxygens (including phenoxy) is 1. The molecule has 2 aliphatic rings. The van der Waals surface area contributed by atoms with Gasteiger partial charge in [0.1, 0.15) is 5.75 Å². The maximum Gasteiger partial charge on any atom is 0.261 e. The van der Waals surface area contributed by atoms with Crippen molar-refractivity contribution in [2.24, 2.45) is 0 Å². The first-order valence-electron chi connectivity index (χ1n) is 11.0. The molecule has 5 rings (SSSR count). The first-order chi connectivity index (χ1) is 16.1. The molecule has 33 heavy (non-hydrogen) atoms. The zero-order chi connectivity index (χ0) is 22.9. The van der Waals surface area contributed by atoms with Crippen molar-refractivity contribution >= 4 is 17.7 Å². The average Bonchev–Trinajstić information content (AvgIpc) is 3.67. The van der Waals surface area contributed by atoms with E-state index >= 15 is 0 Å². The molecule has 0 N–H and O–H groups in total. The summed E-state index contributed by atoms with van der Waals surface area (Å²) in [5, 5.41) is 0. The minimum atomic E-state index is -0.317. The Hall–Kier alpha value is -3.93. The highest BCUT2D eigenvalue weighted by atomic mass is 16.5. The lowest BCUT2D eigenvalue weighted by Crippen LogP contribution is -2.33. The number of nitrogens with zero attached hydrogens (tertiary/aromatic N) is 2. The Morgan fingerprint density at radius 3 is 2.15 bits per heavy atom. The summed E-state index contributed by atoms with van der Waals surface area (Å²) in [5.74, 6) is -0.266. The number of rotatable bonds is 7. The molecule has 0 spiro atoms. The van der Waals surface area contributed by atoms with E-state index in [0.29, 0.717) is 34.5 Å². The summed E-state index contributed by atoms with van der Waals surface area (Å²) in [6.45, 7) is 0.620. The molecule has 1 aliphatic carbocycles. The van der Waals surface area contributed by atoms with Crippen molar-refractivity contribution in [2.75, 3.05) is 7.11 Å². The molecule has 3 aromatic rings. The largest absolute Gasteiger partial charge is 0.496 e. The van der Waals surface area contributed by atoms with Crippen molar-refractivity contribution in [3.63, 3.8) is 0 Å². The molecule has 1 fully saturated rings. The topological polar surface area (TPSA) is 66.9 Å². The van der Waals surface area contributed by atoms with Crippen molar-refractivity contribution in [3.8, 4) is 5.75 Å². The smallest absolute Gasteiger partial charge is 0.261 e. The number of fused-ring (bicyclic) bond motifs is 1. The Morgan fingerprint density at radius 1 is 0.909 bits per heavy atom. The zero-order valence-corrected chi connectivity index (χ0v) is 18.4. The number of imide groups is 1. The van der Waals surface area contributed by atoms with E-state index in [0.717, 1.165) is 18.4 Å². The molecular formula is C27H24N2O4. The van der Waals surface area contributed by atoms with E-state index in [2.05, 4.69) is 0 Å². The summed E-state index contributed by atoms with van der Waals surface area (Å²) in [6, 6.07) is 22.2. The third kappa shape index (κ3) is 4.00. The summed E-state index contributed by atoms with van der Waals surface area (Å²) in [5.41, 5.74) is 3.03. The highest BCUT2D eigenvalue weighted by molar-refractivity contribution is 6.21. The minimum absolute atomic E-state index is 0.0960. The van der Waals surface area contributed by atoms with E-state index in [1.807, 2.05) is 35.2 Å². The van der Waals surface area contributed by atoms with Crippen LogP contribution in [-0.2, 0) is 13.1 Å². The van der Waals surface area contributed by atoms with Gasteiger partial charge < -0.3 is 9.64 Å². The first kappa shape index (κ1) is 20.9. The van der Waals surface area contributed by atoms with Gasteiger partial charge in [0.2, 0.25) is 0 Å². The second-order valence-electron chi connectivity index (χ2n) is 8.43. The van der Waals surface area contributed by atoms with Gasteiger partial charge in [0.25, 0.3) is 17.7 Å². The van der Waals surface area contributed by atoms with Crippen molar-refractivity contribution in [3.05, 3.63) is 101 Å². The Kier molecular flexibility index (Phi) is 5.42. The van der Waals surface area contributed by atoms with Gasteiger partial charge in [-0.2, -0.15) is 0 Å². The van der Waals surface area contributed by atoms with Gasteiger partial charge in [0, 0.05) is 12.6 Å². The van der Waals surface area contributed by atoms with Crippen molar-refractivity contribution in [1.82, 2.24) is 9.80 Å². The predicted molar refractivity (Wildman–Crippen MR) is 123 cm³/mol. The van der Waals surface area contributed by atoms with Crippen molar-refractivity contribution in [1.29, 1.82) is 0 Å². The lowest BCUT2D eigenvalue weighted by Gasteiger charge is -2.24. The fourth-order valence-corrected chi connectivity index (χ4v) is 4.27. The second kappa shape index (κ2) is 8.54. The number of carbonyl (C=O) groups is 3. The summed E-state index contributed by atoms with van der Waals surface area (Å²) in [7, 11) is 1.54. The van der Waals surface area contributed by atoms with Crippen LogP contribution in [0, 0.1) is 0 Å². The van der Waals surface area contributed by atoms with Crippen molar-refractivity contribution < 1.29 is 19.1 Å². The van der Waals surface area contributed by atoms with Crippen LogP contribution in [0.15, 0.2) is 72.8 Å². The number of amides is 3. The Labute approximate surface area is 192 Å². The van der Waals surface area contributed by atoms with Gasteiger partial charge in [0.05, 0.1) is 30.3 Å². The van der Waals surface area contributed by atoms with Gasteiger partial charge in [-0.25, -0.2) is 0 Å². The zero-order valence-electron chi connectivity index (χ0n) is 18.4. The molecule has 0 saturated heterocycles. The molecular weight excluding hydrogens is 416 g/mol. The van der Waals surface area contributed by atoms with Gasteiger partial charge in [-0.1, -0.05) is 48.5 Å². The Morgan fingerprint density at radius 2 is 1.55 bits per heavy atom. The molecule has 1 aliphatic heterocycles. The molecule has 6 heteroatoms. The van der Waals surface area contributed by atoms with Crippen LogP contribution in [0.1, 0.15) is 55.0 Å².